The molecule has 0 saturated heterocycles. The van der Waals surface area contributed by atoms with Crippen LogP contribution < -0.4 is 0 Å². The Bertz CT molecular complexity index is 1460. The third kappa shape index (κ3) is 3.39. The molecule has 4 aromatic rings. The van der Waals surface area contributed by atoms with Gasteiger partial charge in [-0.3, -0.25) is 0 Å². The number of fused-ring (bicyclic) bond motifs is 3. The molecule has 1 aliphatic rings. The Labute approximate surface area is 212 Å². The Balaban J connectivity index is 2.00. The maximum atomic E-state index is 13.5. The number of ether oxygens (including phenoxy) is 1. The van der Waals surface area contributed by atoms with Crippen molar-refractivity contribution < 1.29 is 19.7 Å². The quantitative estimate of drug-likeness (QED) is 0.296. The molecule has 0 unspecified atom stereocenters. The van der Waals surface area contributed by atoms with E-state index < -0.39 is 5.60 Å². The van der Waals surface area contributed by atoms with Crippen LogP contribution in [0.15, 0.2) is 60.7 Å². The van der Waals surface area contributed by atoms with Crippen LogP contribution in [0.4, 0.5) is 0 Å². The highest BCUT2D eigenvalue weighted by Gasteiger charge is 2.51. The number of phenolic OH excluding ortho intramolecular Hbond substituents is 2. The molecule has 36 heavy (non-hydrogen) atoms. The first-order valence-electron chi connectivity index (χ1n) is 12.5. The molecule has 0 aromatic heterocycles. The monoisotopic (exact) mass is 480 g/mol. The molecule has 1 heterocycles. The van der Waals surface area contributed by atoms with Gasteiger partial charge in [0, 0.05) is 16.7 Å². The number of aromatic hydroxyl groups is 2. The molecule has 4 heteroatoms. The van der Waals surface area contributed by atoms with Crippen LogP contribution in [0.2, 0.25) is 0 Å². The van der Waals surface area contributed by atoms with E-state index in [1.807, 2.05) is 90.1 Å². The van der Waals surface area contributed by atoms with Crippen LogP contribution in [-0.2, 0) is 10.3 Å². The number of rotatable bonds is 4. The lowest BCUT2D eigenvalue weighted by Crippen LogP contribution is -2.32. The number of carbonyl (C=O) groups is 1. The zero-order chi connectivity index (χ0) is 25.9. The average molecular weight is 481 g/mol. The Morgan fingerprint density at radius 1 is 0.750 bits per heavy atom. The predicted molar refractivity (Wildman–Crippen MR) is 143 cm³/mol. The summed E-state index contributed by atoms with van der Waals surface area (Å²) in [5, 5.41) is 23.5. The normalized spacial score (nSPS) is 14.5. The van der Waals surface area contributed by atoms with Crippen LogP contribution in [-0.4, -0.2) is 16.2 Å². The third-order valence-electron chi connectivity index (χ3n) is 7.50. The SMILES string of the molecule is Cc1cc(O)c(C(C)C)cc1C1(c2cc(C(C)C)c(O)cc2C)OC(=O)c2ccc3ccccc3c21. The van der Waals surface area contributed by atoms with Gasteiger partial charge in [0.25, 0.3) is 0 Å². The maximum Gasteiger partial charge on any atom is 0.340 e. The molecular weight excluding hydrogens is 448 g/mol. The second-order valence-corrected chi connectivity index (χ2v) is 10.5. The van der Waals surface area contributed by atoms with Crippen LogP contribution in [0.1, 0.15) is 88.8 Å². The summed E-state index contributed by atoms with van der Waals surface area (Å²) in [4.78, 5) is 13.5. The van der Waals surface area contributed by atoms with Gasteiger partial charge in [0.1, 0.15) is 11.5 Å². The Morgan fingerprint density at radius 2 is 1.28 bits per heavy atom. The number of hydrogen-bond acceptors (Lipinski definition) is 4. The standard InChI is InChI=1S/C32H32O4/c1-17(2)24-15-26(19(5)13-28(24)33)32(27-16-25(18(3)4)29(34)14-20(27)6)30-22-10-8-7-9-21(22)11-12-23(30)31(35)36-32/h7-18,33-34H,1-6H3. The van der Waals surface area contributed by atoms with Gasteiger partial charge in [0.05, 0.1) is 5.56 Å². The molecule has 1 aliphatic heterocycles. The summed E-state index contributed by atoms with van der Waals surface area (Å²) < 4.78 is 6.51. The fourth-order valence-corrected chi connectivity index (χ4v) is 5.69. The number of carbonyl (C=O) groups excluding carboxylic acids is 1. The van der Waals surface area contributed by atoms with Gasteiger partial charge in [-0.05, 0) is 89.0 Å². The van der Waals surface area contributed by atoms with Gasteiger partial charge in [-0.15, -0.1) is 0 Å². The van der Waals surface area contributed by atoms with E-state index in [4.69, 9.17) is 4.74 Å². The number of benzene rings is 4. The summed E-state index contributed by atoms with van der Waals surface area (Å²) in [5.74, 6) is 0.214. The zero-order valence-corrected chi connectivity index (χ0v) is 21.6. The molecule has 0 saturated carbocycles. The lowest BCUT2D eigenvalue weighted by atomic mass is 9.73. The smallest absolute Gasteiger partial charge is 0.340 e. The van der Waals surface area contributed by atoms with E-state index >= 15 is 0 Å². The van der Waals surface area contributed by atoms with Crippen molar-refractivity contribution in [2.45, 2.75) is 59.0 Å². The van der Waals surface area contributed by atoms with Gasteiger partial charge < -0.3 is 14.9 Å². The molecule has 0 fully saturated rings. The first kappa shape index (κ1) is 23.9. The number of hydrogen-bond donors (Lipinski definition) is 2. The molecule has 0 spiro atoms. The number of esters is 1. The second kappa shape index (κ2) is 8.41. The van der Waals surface area contributed by atoms with E-state index in [-0.39, 0.29) is 29.3 Å². The van der Waals surface area contributed by atoms with Crippen molar-refractivity contribution in [1.29, 1.82) is 0 Å². The zero-order valence-electron chi connectivity index (χ0n) is 21.6. The molecule has 0 amide bonds. The first-order valence-corrected chi connectivity index (χ1v) is 12.5. The molecule has 4 aromatic carbocycles. The van der Waals surface area contributed by atoms with Gasteiger partial charge in [-0.25, -0.2) is 4.79 Å². The molecule has 0 atom stereocenters. The lowest BCUT2D eigenvalue weighted by Gasteiger charge is -2.35. The first-order chi connectivity index (χ1) is 17.1. The van der Waals surface area contributed by atoms with E-state index in [0.29, 0.717) is 5.56 Å². The highest BCUT2D eigenvalue weighted by molar-refractivity contribution is 6.04. The van der Waals surface area contributed by atoms with Gasteiger partial charge in [-0.2, -0.15) is 0 Å². The van der Waals surface area contributed by atoms with Crippen molar-refractivity contribution in [3.8, 4) is 11.5 Å². The largest absolute Gasteiger partial charge is 0.508 e. The minimum Gasteiger partial charge on any atom is -0.508 e. The topological polar surface area (TPSA) is 66.8 Å². The van der Waals surface area contributed by atoms with E-state index in [2.05, 4.69) is 0 Å². The molecule has 0 bridgehead atoms. The highest BCUT2D eigenvalue weighted by Crippen LogP contribution is 2.53. The van der Waals surface area contributed by atoms with Crippen LogP contribution in [0, 0.1) is 13.8 Å². The maximum absolute atomic E-state index is 13.5. The van der Waals surface area contributed by atoms with Crippen LogP contribution in [0.25, 0.3) is 10.8 Å². The number of aryl methyl sites for hydroxylation is 2. The van der Waals surface area contributed by atoms with Crippen molar-refractivity contribution >= 4 is 16.7 Å². The summed E-state index contributed by atoms with van der Waals surface area (Å²) in [6, 6.07) is 19.3. The number of cyclic esters (lactones) is 1. The molecule has 0 aliphatic carbocycles. The van der Waals surface area contributed by atoms with Crippen LogP contribution in [0.3, 0.4) is 0 Å². The fraction of sp³-hybridized carbons (Fsp3) is 0.281. The highest BCUT2D eigenvalue weighted by atomic mass is 16.6. The van der Waals surface area contributed by atoms with Crippen molar-refractivity contribution in [2.75, 3.05) is 0 Å². The second-order valence-electron chi connectivity index (χ2n) is 10.5. The van der Waals surface area contributed by atoms with Crippen molar-refractivity contribution in [3.05, 3.63) is 105 Å². The predicted octanol–water partition coefficient (Wildman–Crippen LogP) is 7.58. The van der Waals surface area contributed by atoms with Crippen LogP contribution >= 0.6 is 0 Å². The summed E-state index contributed by atoms with van der Waals surface area (Å²) >= 11 is 0. The molecule has 184 valence electrons. The van der Waals surface area contributed by atoms with Gasteiger partial charge in [0.15, 0.2) is 5.60 Å². The Kier molecular flexibility index (Phi) is 5.59. The van der Waals surface area contributed by atoms with Crippen molar-refractivity contribution in [1.82, 2.24) is 0 Å². The molecule has 5 rings (SSSR count). The van der Waals surface area contributed by atoms with E-state index in [1.54, 1.807) is 12.1 Å². The number of phenols is 2. The molecule has 2 N–H and O–H groups in total. The minimum absolute atomic E-state index is 0.0673. The van der Waals surface area contributed by atoms with Crippen LogP contribution in [0.5, 0.6) is 11.5 Å². The van der Waals surface area contributed by atoms with E-state index in [0.717, 1.165) is 49.7 Å². The van der Waals surface area contributed by atoms with Crippen molar-refractivity contribution in [2.24, 2.45) is 0 Å². The molecular formula is C32H32O4. The van der Waals surface area contributed by atoms with Crippen molar-refractivity contribution in [3.63, 3.8) is 0 Å². The van der Waals surface area contributed by atoms with Gasteiger partial charge in [0.2, 0.25) is 0 Å². The molecule has 4 nitrogen and oxygen atoms in total. The third-order valence-corrected chi connectivity index (χ3v) is 7.50. The average Bonchev–Trinajstić information content (AvgIpc) is 3.12. The summed E-state index contributed by atoms with van der Waals surface area (Å²) in [5.41, 5.74) is 4.96. The van der Waals surface area contributed by atoms with Gasteiger partial charge >= 0.3 is 5.97 Å². The minimum atomic E-state index is -1.24. The summed E-state index contributed by atoms with van der Waals surface area (Å²) in [6.07, 6.45) is 0. The fourth-order valence-electron chi connectivity index (χ4n) is 5.69. The van der Waals surface area contributed by atoms with Gasteiger partial charge in [-0.1, -0.05) is 58.0 Å². The summed E-state index contributed by atoms with van der Waals surface area (Å²) in [6.45, 7) is 12.0. The Hall–Kier alpha value is -3.79. The van der Waals surface area contributed by atoms with E-state index in [1.165, 1.54) is 0 Å². The Morgan fingerprint density at radius 3 is 1.81 bits per heavy atom. The lowest BCUT2D eigenvalue weighted by molar-refractivity contribution is 0.0250. The summed E-state index contributed by atoms with van der Waals surface area (Å²) in [7, 11) is 0. The molecule has 0 radical (unpaired) electrons. The van der Waals surface area contributed by atoms with E-state index in [9.17, 15) is 15.0 Å².